The summed E-state index contributed by atoms with van der Waals surface area (Å²) in [5.74, 6) is 1.80. The molecule has 1 aliphatic rings. The Morgan fingerprint density at radius 1 is 1.17 bits per heavy atom. The number of aryl methyl sites for hydroxylation is 1. The van der Waals surface area contributed by atoms with Gasteiger partial charge in [0.05, 0.1) is 12.3 Å². The van der Waals surface area contributed by atoms with Crippen LogP contribution in [0.15, 0.2) is 44.9 Å². The summed E-state index contributed by atoms with van der Waals surface area (Å²) < 4.78 is 10.8. The molecule has 4 aromatic rings. The zero-order chi connectivity index (χ0) is 19.6. The van der Waals surface area contributed by atoms with Gasteiger partial charge in [-0.3, -0.25) is 4.79 Å². The Hall–Kier alpha value is -3.04. The number of anilines is 1. The highest BCUT2D eigenvalue weighted by molar-refractivity contribution is 7.14. The van der Waals surface area contributed by atoms with Crippen LogP contribution >= 0.6 is 22.7 Å². The number of thiophene rings is 1. The second kappa shape index (κ2) is 7.76. The van der Waals surface area contributed by atoms with Gasteiger partial charge in [-0.15, -0.1) is 11.3 Å². The first-order valence-corrected chi connectivity index (χ1v) is 10.9. The van der Waals surface area contributed by atoms with E-state index < -0.39 is 0 Å². The number of carbonyl (C=O) groups is 1. The van der Waals surface area contributed by atoms with E-state index in [4.69, 9.17) is 9.26 Å². The Bertz CT molecular complexity index is 1150. The number of thiazole rings is 1. The summed E-state index contributed by atoms with van der Waals surface area (Å²) in [6.07, 6.45) is 1.54. The fourth-order valence-electron chi connectivity index (χ4n) is 3.08. The summed E-state index contributed by atoms with van der Waals surface area (Å²) in [4.78, 5) is 21.1. The van der Waals surface area contributed by atoms with Gasteiger partial charge >= 0.3 is 0 Å². The topological polar surface area (TPSA) is 90.1 Å². The van der Waals surface area contributed by atoms with Crippen molar-refractivity contribution in [2.75, 3.05) is 11.9 Å². The summed E-state index contributed by atoms with van der Waals surface area (Å²) in [6, 6.07) is 8.00. The van der Waals surface area contributed by atoms with Crippen LogP contribution in [-0.4, -0.2) is 27.6 Å². The van der Waals surface area contributed by atoms with E-state index in [0.717, 1.165) is 35.6 Å². The first-order valence-electron chi connectivity index (χ1n) is 9.11. The van der Waals surface area contributed by atoms with Gasteiger partial charge in [-0.2, -0.15) is 16.3 Å². The van der Waals surface area contributed by atoms with E-state index in [1.807, 2.05) is 34.3 Å². The van der Waals surface area contributed by atoms with Crippen molar-refractivity contribution in [1.82, 2.24) is 15.1 Å². The molecule has 0 spiro atoms. The van der Waals surface area contributed by atoms with Gasteiger partial charge in [-0.05, 0) is 35.2 Å². The van der Waals surface area contributed by atoms with Crippen molar-refractivity contribution in [3.05, 3.63) is 51.9 Å². The van der Waals surface area contributed by atoms with E-state index in [1.54, 1.807) is 11.3 Å². The molecular weight excluding hydrogens is 408 g/mol. The van der Waals surface area contributed by atoms with Crippen LogP contribution in [0.1, 0.15) is 17.9 Å². The first-order chi connectivity index (χ1) is 14.2. The highest BCUT2D eigenvalue weighted by Crippen LogP contribution is 2.32. The molecule has 0 atom stereocenters. The molecule has 1 aromatic carbocycles. The molecule has 0 saturated heterocycles. The molecule has 9 heteroatoms. The molecule has 3 aromatic heterocycles. The molecule has 0 fully saturated rings. The fourth-order valence-corrected chi connectivity index (χ4v) is 4.45. The van der Waals surface area contributed by atoms with Gasteiger partial charge in [-0.1, -0.05) is 5.16 Å². The van der Waals surface area contributed by atoms with E-state index in [9.17, 15) is 4.79 Å². The molecule has 0 saturated carbocycles. The third-order valence-electron chi connectivity index (χ3n) is 4.55. The summed E-state index contributed by atoms with van der Waals surface area (Å²) in [5, 5.41) is 13.2. The van der Waals surface area contributed by atoms with E-state index in [1.165, 1.54) is 16.9 Å². The molecule has 29 heavy (non-hydrogen) atoms. The highest BCUT2D eigenvalue weighted by Gasteiger charge is 2.15. The SMILES string of the molecule is O=C(CCc1nc(-c2ccsc2)no1)Nc1nc(-c2ccc3c(c2)CCO3)cs1. The van der Waals surface area contributed by atoms with Crippen LogP contribution in [-0.2, 0) is 17.6 Å². The molecule has 146 valence electrons. The van der Waals surface area contributed by atoms with E-state index >= 15 is 0 Å². The summed E-state index contributed by atoms with van der Waals surface area (Å²) in [7, 11) is 0. The largest absolute Gasteiger partial charge is 0.493 e. The van der Waals surface area contributed by atoms with Crippen LogP contribution in [0.4, 0.5) is 5.13 Å². The van der Waals surface area contributed by atoms with Crippen molar-refractivity contribution >= 4 is 33.7 Å². The average Bonchev–Trinajstić information content (AvgIpc) is 3.53. The zero-order valence-electron chi connectivity index (χ0n) is 15.3. The molecule has 1 aliphatic heterocycles. The van der Waals surface area contributed by atoms with Gasteiger partial charge < -0.3 is 14.6 Å². The van der Waals surface area contributed by atoms with Crippen LogP contribution < -0.4 is 10.1 Å². The number of amides is 1. The molecule has 4 heterocycles. The molecule has 1 amide bonds. The predicted octanol–water partition coefficient (Wildman–Crippen LogP) is 4.43. The van der Waals surface area contributed by atoms with Crippen LogP contribution in [0.25, 0.3) is 22.6 Å². The van der Waals surface area contributed by atoms with E-state index in [2.05, 4.69) is 26.5 Å². The first kappa shape index (κ1) is 18.0. The Morgan fingerprint density at radius 3 is 3.03 bits per heavy atom. The van der Waals surface area contributed by atoms with Crippen LogP contribution in [0.3, 0.4) is 0 Å². The monoisotopic (exact) mass is 424 g/mol. The lowest BCUT2D eigenvalue weighted by Crippen LogP contribution is -2.12. The minimum absolute atomic E-state index is 0.136. The van der Waals surface area contributed by atoms with Gasteiger partial charge in [0, 0.05) is 41.1 Å². The maximum absolute atomic E-state index is 12.3. The summed E-state index contributed by atoms with van der Waals surface area (Å²) in [6.45, 7) is 0.728. The number of benzene rings is 1. The fraction of sp³-hybridized carbons (Fsp3) is 0.200. The number of hydrogen-bond donors (Lipinski definition) is 1. The van der Waals surface area contributed by atoms with Crippen molar-refractivity contribution in [3.8, 4) is 28.4 Å². The normalized spacial score (nSPS) is 12.6. The molecule has 0 aliphatic carbocycles. The molecule has 5 rings (SSSR count). The van der Waals surface area contributed by atoms with Gasteiger partial charge in [0.1, 0.15) is 5.75 Å². The number of nitrogens with one attached hydrogen (secondary N) is 1. The van der Waals surface area contributed by atoms with Gasteiger partial charge in [-0.25, -0.2) is 4.98 Å². The molecule has 7 nitrogen and oxygen atoms in total. The Morgan fingerprint density at radius 2 is 2.14 bits per heavy atom. The Kier molecular flexibility index (Phi) is 4.82. The third-order valence-corrected chi connectivity index (χ3v) is 5.99. The Balaban J connectivity index is 1.19. The van der Waals surface area contributed by atoms with Crippen molar-refractivity contribution in [2.24, 2.45) is 0 Å². The molecular formula is C20H16N4O3S2. The summed E-state index contributed by atoms with van der Waals surface area (Å²) in [5.41, 5.74) is 3.99. The van der Waals surface area contributed by atoms with E-state index in [-0.39, 0.29) is 12.3 Å². The predicted molar refractivity (Wildman–Crippen MR) is 111 cm³/mol. The van der Waals surface area contributed by atoms with Crippen molar-refractivity contribution in [1.29, 1.82) is 0 Å². The number of carbonyl (C=O) groups excluding carboxylic acids is 1. The summed E-state index contributed by atoms with van der Waals surface area (Å²) >= 11 is 2.98. The van der Waals surface area contributed by atoms with Crippen molar-refractivity contribution in [3.63, 3.8) is 0 Å². The number of hydrogen-bond acceptors (Lipinski definition) is 8. The maximum Gasteiger partial charge on any atom is 0.227 e. The van der Waals surface area contributed by atoms with Crippen LogP contribution in [0.5, 0.6) is 5.75 Å². The number of aromatic nitrogens is 3. The number of rotatable bonds is 6. The van der Waals surface area contributed by atoms with Crippen molar-refractivity contribution < 1.29 is 14.1 Å². The highest BCUT2D eigenvalue weighted by atomic mass is 32.1. The number of fused-ring (bicyclic) bond motifs is 1. The molecule has 1 N–H and O–H groups in total. The minimum atomic E-state index is -0.136. The second-order valence-electron chi connectivity index (χ2n) is 6.53. The van der Waals surface area contributed by atoms with Gasteiger partial charge in [0.15, 0.2) is 5.13 Å². The number of ether oxygens (including phenoxy) is 1. The lowest BCUT2D eigenvalue weighted by atomic mass is 10.1. The molecule has 0 radical (unpaired) electrons. The zero-order valence-corrected chi connectivity index (χ0v) is 16.9. The van der Waals surface area contributed by atoms with Crippen molar-refractivity contribution in [2.45, 2.75) is 19.3 Å². The lowest BCUT2D eigenvalue weighted by molar-refractivity contribution is -0.116. The standard InChI is InChI=1S/C20H16N4O3S2/c25-17(3-4-18-23-19(24-27-18)14-6-8-28-10-14)22-20-21-15(11-29-20)12-1-2-16-13(9-12)5-7-26-16/h1-2,6,8-11H,3-5,7H2,(H,21,22,25). The smallest absolute Gasteiger partial charge is 0.227 e. The lowest BCUT2D eigenvalue weighted by Gasteiger charge is -2.02. The molecule has 0 bridgehead atoms. The van der Waals surface area contributed by atoms with Crippen LogP contribution in [0, 0.1) is 0 Å². The number of nitrogens with zero attached hydrogens (tertiary/aromatic N) is 3. The molecule has 0 unspecified atom stereocenters. The average molecular weight is 425 g/mol. The van der Waals surface area contributed by atoms with E-state index in [0.29, 0.717) is 23.3 Å². The second-order valence-corrected chi connectivity index (χ2v) is 8.17. The quantitative estimate of drug-likeness (QED) is 0.492. The van der Waals surface area contributed by atoms with Crippen LogP contribution in [0.2, 0.25) is 0 Å². The van der Waals surface area contributed by atoms with Gasteiger partial charge in [0.25, 0.3) is 0 Å². The third kappa shape index (κ3) is 3.92. The van der Waals surface area contributed by atoms with Gasteiger partial charge in [0.2, 0.25) is 17.6 Å². The Labute approximate surface area is 174 Å². The minimum Gasteiger partial charge on any atom is -0.493 e. The maximum atomic E-state index is 12.3.